The van der Waals surface area contributed by atoms with E-state index in [1.54, 1.807) is 7.05 Å². The topological polar surface area (TPSA) is 90.2 Å². The highest BCUT2D eigenvalue weighted by molar-refractivity contribution is 5.56. The minimum absolute atomic E-state index is 0.478. The molecule has 0 aromatic heterocycles. The molecule has 0 saturated heterocycles. The van der Waals surface area contributed by atoms with Gasteiger partial charge in [-0.2, -0.15) is 15.8 Å². The van der Waals surface area contributed by atoms with Crippen molar-refractivity contribution in [3.63, 3.8) is 0 Å². The lowest BCUT2D eigenvalue weighted by Gasteiger charge is -2.26. The van der Waals surface area contributed by atoms with Crippen LogP contribution in [0, 0.1) is 34.0 Å². The highest BCUT2D eigenvalue weighted by Crippen LogP contribution is 1.98. The third kappa shape index (κ3) is 11.6. The van der Waals surface area contributed by atoms with Crippen molar-refractivity contribution < 1.29 is 0 Å². The third-order valence-electron chi connectivity index (χ3n) is 3.11. The maximum atomic E-state index is 8.71. The van der Waals surface area contributed by atoms with Crippen molar-refractivity contribution >= 4 is 6.21 Å². The zero-order chi connectivity index (χ0) is 15.8. The molecule has 0 rings (SSSR count). The molecule has 0 aromatic carbocycles. The van der Waals surface area contributed by atoms with Gasteiger partial charge in [-0.25, -0.2) is 0 Å². The van der Waals surface area contributed by atoms with Gasteiger partial charge < -0.3 is 14.8 Å². The van der Waals surface area contributed by atoms with Gasteiger partial charge in [-0.1, -0.05) is 0 Å². The SMILES string of the molecule is C/N=C/CCN(CCC#N)CCN(CCC#N)CCC#N. The van der Waals surface area contributed by atoms with Gasteiger partial charge in [-0.15, -0.1) is 0 Å². The van der Waals surface area contributed by atoms with Crippen LogP contribution in [0.1, 0.15) is 25.7 Å². The zero-order valence-electron chi connectivity index (χ0n) is 12.8. The van der Waals surface area contributed by atoms with Crippen LogP contribution >= 0.6 is 0 Å². The molecule has 0 aliphatic rings. The molecule has 0 unspecified atom stereocenters. The fraction of sp³-hybridized carbons (Fsp3) is 0.733. The molecule has 0 saturated carbocycles. The Labute approximate surface area is 127 Å². The first kappa shape index (κ1) is 19.1. The average molecular weight is 288 g/mol. The second-order valence-corrected chi connectivity index (χ2v) is 4.64. The van der Waals surface area contributed by atoms with Crippen LogP contribution in [0.25, 0.3) is 0 Å². The fourth-order valence-corrected chi connectivity index (χ4v) is 1.95. The molecular formula is C15H24N6. The number of rotatable bonds is 12. The Hall–Kier alpha value is -1.94. The highest BCUT2D eigenvalue weighted by atomic mass is 15.2. The van der Waals surface area contributed by atoms with E-state index in [0.29, 0.717) is 32.4 Å². The molecule has 0 atom stereocenters. The summed E-state index contributed by atoms with van der Waals surface area (Å²) < 4.78 is 0. The number of aliphatic imine (C=N–C) groups is 1. The Morgan fingerprint density at radius 3 is 1.57 bits per heavy atom. The largest absolute Gasteiger partial charge is 0.301 e. The predicted molar refractivity (Wildman–Crippen MR) is 82.6 cm³/mol. The van der Waals surface area contributed by atoms with Gasteiger partial charge in [0.15, 0.2) is 0 Å². The molecule has 0 heterocycles. The normalized spacial score (nSPS) is 10.7. The van der Waals surface area contributed by atoms with Crippen molar-refractivity contribution in [3.8, 4) is 18.2 Å². The molecular weight excluding hydrogens is 264 g/mol. The molecule has 6 nitrogen and oxygen atoms in total. The maximum Gasteiger partial charge on any atom is 0.0635 e. The van der Waals surface area contributed by atoms with E-state index in [-0.39, 0.29) is 0 Å². The van der Waals surface area contributed by atoms with Crippen LogP contribution in [0.15, 0.2) is 4.99 Å². The first-order valence-corrected chi connectivity index (χ1v) is 7.24. The van der Waals surface area contributed by atoms with Crippen molar-refractivity contribution in [2.45, 2.75) is 25.7 Å². The molecule has 6 heteroatoms. The van der Waals surface area contributed by atoms with E-state index in [9.17, 15) is 0 Å². The van der Waals surface area contributed by atoms with E-state index in [1.807, 2.05) is 6.21 Å². The van der Waals surface area contributed by atoms with E-state index in [2.05, 4.69) is 33.0 Å². The summed E-state index contributed by atoms with van der Waals surface area (Å²) >= 11 is 0. The fourth-order valence-electron chi connectivity index (χ4n) is 1.95. The standard InChI is InChI=1S/C15H24N6/c1-19-9-5-13-21(12-4-8-18)15-14-20(10-2-6-16)11-3-7-17/h9H,2-5,10-15H2,1H3/b19-9+. The highest BCUT2D eigenvalue weighted by Gasteiger charge is 2.08. The molecule has 0 fully saturated rings. The van der Waals surface area contributed by atoms with Crippen LogP contribution in [-0.2, 0) is 0 Å². The molecule has 114 valence electrons. The predicted octanol–water partition coefficient (Wildman–Crippen LogP) is 1.42. The average Bonchev–Trinajstić information content (AvgIpc) is 2.51. The molecule has 0 amide bonds. The van der Waals surface area contributed by atoms with Crippen LogP contribution in [0.4, 0.5) is 0 Å². The second kappa shape index (κ2) is 14.5. The number of nitrogens with zero attached hydrogens (tertiary/aromatic N) is 6. The molecule has 21 heavy (non-hydrogen) atoms. The molecule has 0 aliphatic heterocycles. The zero-order valence-corrected chi connectivity index (χ0v) is 12.8. The maximum absolute atomic E-state index is 8.71. The second-order valence-electron chi connectivity index (χ2n) is 4.64. The first-order valence-electron chi connectivity index (χ1n) is 7.24. The monoisotopic (exact) mass is 288 g/mol. The number of hydrogen-bond acceptors (Lipinski definition) is 6. The number of nitriles is 3. The van der Waals surface area contributed by atoms with E-state index >= 15 is 0 Å². The smallest absolute Gasteiger partial charge is 0.0635 e. The van der Waals surface area contributed by atoms with Crippen LogP contribution in [0.2, 0.25) is 0 Å². The first-order chi connectivity index (χ1) is 10.3. The number of hydrogen-bond donors (Lipinski definition) is 0. The van der Waals surface area contributed by atoms with Gasteiger partial charge in [0.25, 0.3) is 0 Å². The summed E-state index contributed by atoms with van der Waals surface area (Å²) in [7, 11) is 1.76. The summed E-state index contributed by atoms with van der Waals surface area (Å²) in [5.74, 6) is 0. The van der Waals surface area contributed by atoms with Crippen molar-refractivity contribution in [1.29, 1.82) is 15.8 Å². The molecule has 0 bridgehead atoms. The van der Waals surface area contributed by atoms with Crippen molar-refractivity contribution in [2.75, 3.05) is 46.3 Å². The Morgan fingerprint density at radius 1 is 0.762 bits per heavy atom. The van der Waals surface area contributed by atoms with Crippen molar-refractivity contribution in [2.24, 2.45) is 4.99 Å². The Balaban J connectivity index is 4.26. The quantitative estimate of drug-likeness (QED) is 0.507. The Kier molecular flexibility index (Phi) is 13.1. The van der Waals surface area contributed by atoms with E-state index in [4.69, 9.17) is 15.8 Å². The van der Waals surface area contributed by atoms with Gasteiger partial charge in [0.1, 0.15) is 0 Å². The molecule has 0 aromatic rings. The summed E-state index contributed by atoms with van der Waals surface area (Å²) in [5.41, 5.74) is 0. The van der Waals surface area contributed by atoms with E-state index in [0.717, 1.165) is 32.6 Å². The van der Waals surface area contributed by atoms with Crippen LogP contribution in [0.5, 0.6) is 0 Å². The lowest BCUT2D eigenvalue weighted by atomic mass is 10.3. The molecule has 0 N–H and O–H groups in total. The van der Waals surface area contributed by atoms with Gasteiger partial charge in [-0.05, 0) is 12.6 Å². The van der Waals surface area contributed by atoms with Gasteiger partial charge >= 0.3 is 0 Å². The lowest BCUT2D eigenvalue weighted by molar-refractivity contribution is 0.213. The third-order valence-corrected chi connectivity index (χ3v) is 3.11. The van der Waals surface area contributed by atoms with Crippen molar-refractivity contribution in [3.05, 3.63) is 0 Å². The summed E-state index contributed by atoms with van der Waals surface area (Å²) in [4.78, 5) is 8.34. The molecule has 0 radical (unpaired) electrons. The van der Waals surface area contributed by atoms with Crippen LogP contribution in [0.3, 0.4) is 0 Å². The molecule has 0 spiro atoms. The summed E-state index contributed by atoms with van der Waals surface area (Å²) in [5, 5.41) is 26.1. The summed E-state index contributed by atoms with van der Waals surface area (Å²) in [6.07, 6.45) is 4.22. The summed E-state index contributed by atoms with van der Waals surface area (Å²) in [6.45, 7) is 4.68. The van der Waals surface area contributed by atoms with Gasteiger partial charge in [0.2, 0.25) is 0 Å². The van der Waals surface area contributed by atoms with Gasteiger partial charge in [0.05, 0.1) is 18.2 Å². The van der Waals surface area contributed by atoms with E-state index in [1.165, 1.54) is 0 Å². The van der Waals surface area contributed by atoms with Crippen LogP contribution in [-0.4, -0.2) is 62.3 Å². The molecule has 0 aliphatic carbocycles. The van der Waals surface area contributed by atoms with Gasteiger partial charge in [0, 0.05) is 65.6 Å². The minimum atomic E-state index is 0.478. The lowest BCUT2D eigenvalue weighted by Crippen LogP contribution is -2.37. The minimum Gasteiger partial charge on any atom is -0.301 e. The van der Waals surface area contributed by atoms with E-state index < -0.39 is 0 Å². The summed E-state index contributed by atoms with van der Waals surface area (Å²) in [6, 6.07) is 6.45. The Bertz CT molecular complexity index is 380. The van der Waals surface area contributed by atoms with Crippen LogP contribution < -0.4 is 0 Å². The van der Waals surface area contributed by atoms with Gasteiger partial charge in [-0.3, -0.25) is 0 Å². The Morgan fingerprint density at radius 2 is 1.19 bits per heavy atom. The van der Waals surface area contributed by atoms with Crippen molar-refractivity contribution in [1.82, 2.24) is 9.80 Å².